The van der Waals surface area contributed by atoms with Gasteiger partial charge in [-0.15, -0.1) is 6.58 Å². The lowest BCUT2D eigenvalue weighted by molar-refractivity contribution is -0.138. The summed E-state index contributed by atoms with van der Waals surface area (Å²) in [5, 5.41) is 12.3. The van der Waals surface area contributed by atoms with Crippen LogP contribution in [0.5, 0.6) is 0 Å². The summed E-state index contributed by atoms with van der Waals surface area (Å²) in [6.45, 7) is 3.72. The third kappa shape index (κ3) is 3.38. The highest BCUT2D eigenvalue weighted by atomic mass is 35.5. The number of alkyl halides is 3. The van der Waals surface area contributed by atoms with Crippen LogP contribution in [0.4, 0.5) is 13.2 Å². The molecule has 0 spiro atoms. The van der Waals surface area contributed by atoms with Crippen LogP contribution in [0.3, 0.4) is 0 Å². The first-order chi connectivity index (χ1) is 12.6. The highest BCUT2D eigenvalue weighted by molar-refractivity contribution is 6.42. The molecule has 0 aliphatic carbocycles. The van der Waals surface area contributed by atoms with Gasteiger partial charge in [-0.25, -0.2) is 0 Å². The van der Waals surface area contributed by atoms with Gasteiger partial charge in [-0.1, -0.05) is 47.5 Å². The van der Waals surface area contributed by atoms with Crippen LogP contribution >= 0.6 is 23.2 Å². The summed E-state index contributed by atoms with van der Waals surface area (Å²) in [5.74, 6) is -0.570. The number of allylic oxidation sites excluding steroid dienone is 1. The summed E-state index contributed by atoms with van der Waals surface area (Å²) in [7, 11) is 1.60. The Morgan fingerprint density at radius 2 is 1.96 bits per heavy atom. The SMILES string of the molecule is C=CCC(c1ccc(Cl)c(Cl)c1)C1(O)c2cccc(C(F)(F)F)c2CN1C. The summed E-state index contributed by atoms with van der Waals surface area (Å²) in [4.78, 5) is 1.53. The second-order valence-corrected chi connectivity index (χ2v) is 7.48. The summed E-state index contributed by atoms with van der Waals surface area (Å²) in [6, 6.07) is 8.88. The van der Waals surface area contributed by atoms with Crippen molar-refractivity contribution in [3.05, 3.63) is 81.4 Å². The molecule has 2 nitrogen and oxygen atoms in total. The number of likely N-dealkylation sites (N-methyl/N-ethyl adjacent to an activating group) is 1. The van der Waals surface area contributed by atoms with Crippen molar-refractivity contribution in [2.45, 2.75) is 30.8 Å². The molecule has 0 bridgehead atoms. The molecule has 1 heterocycles. The lowest BCUT2D eigenvalue weighted by Gasteiger charge is -2.39. The van der Waals surface area contributed by atoms with Crippen molar-refractivity contribution in [3.63, 3.8) is 0 Å². The fourth-order valence-corrected chi connectivity index (χ4v) is 4.12. The lowest BCUT2D eigenvalue weighted by atomic mass is 9.80. The zero-order valence-electron chi connectivity index (χ0n) is 14.5. The van der Waals surface area contributed by atoms with Crippen molar-refractivity contribution in [1.29, 1.82) is 0 Å². The molecule has 1 aliphatic heterocycles. The van der Waals surface area contributed by atoms with Crippen LogP contribution in [0.25, 0.3) is 0 Å². The van der Waals surface area contributed by atoms with E-state index in [0.29, 0.717) is 22.0 Å². The van der Waals surface area contributed by atoms with Gasteiger partial charge in [0.05, 0.1) is 15.6 Å². The second-order valence-electron chi connectivity index (χ2n) is 6.66. The fraction of sp³-hybridized carbons (Fsp3) is 0.300. The summed E-state index contributed by atoms with van der Waals surface area (Å²) >= 11 is 12.1. The molecule has 2 atom stereocenters. The standard InChI is InChI=1S/C20H18Cl2F3NO/c1-3-5-14(12-8-9-17(21)18(22)10-12)19(27)15-6-4-7-16(20(23,24)25)13(15)11-26(19)2/h3-4,6-10,14,27H,1,5,11H2,2H3. The van der Waals surface area contributed by atoms with Gasteiger partial charge < -0.3 is 5.11 Å². The largest absolute Gasteiger partial charge is 0.416 e. The van der Waals surface area contributed by atoms with Gasteiger partial charge >= 0.3 is 6.18 Å². The van der Waals surface area contributed by atoms with E-state index < -0.39 is 23.4 Å². The number of halogens is 5. The van der Waals surface area contributed by atoms with Crippen LogP contribution in [0.1, 0.15) is 34.6 Å². The van der Waals surface area contributed by atoms with E-state index in [0.717, 1.165) is 6.07 Å². The average Bonchev–Trinajstić information content (AvgIpc) is 2.86. The van der Waals surface area contributed by atoms with Crippen LogP contribution in [0.2, 0.25) is 10.0 Å². The van der Waals surface area contributed by atoms with Crippen molar-refractivity contribution >= 4 is 23.2 Å². The van der Waals surface area contributed by atoms with Crippen molar-refractivity contribution in [3.8, 4) is 0 Å². The molecule has 0 saturated carbocycles. The number of fused-ring (bicyclic) bond motifs is 1. The summed E-state index contributed by atoms with van der Waals surface area (Å²) in [6.07, 6.45) is -2.52. The third-order valence-corrected chi connectivity index (χ3v) is 5.83. The first-order valence-corrected chi connectivity index (χ1v) is 9.05. The van der Waals surface area contributed by atoms with E-state index in [-0.39, 0.29) is 17.7 Å². The van der Waals surface area contributed by atoms with Crippen molar-refractivity contribution in [2.75, 3.05) is 7.05 Å². The predicted octanol–water partition coefficient (Wildman–Crippen LogP) is 5.96. The molecule has 2 aromatic carbocycles. The number of hydrogen-bond acceptors (Lipinski definition) is 2. The number of aliphatic hydroxyl groups is 1. The van der Waals surface area contributed by atoms with Gasteiger partial charge in [-0.05, 0) is 42.8 Å². The van der Waals surface area contributed by atoms with Gasteiger partial charge in [0.1, 0.15) is 0 Å². The number of benzene rings is 2. The Kier molecular flexibility index (Phi) is 5.34. The van der Waals surface area contributed by atoms with Crippen molar-refractivity contribution in [2.24, 2.45) is 0 Å². The van der Waals surface area contributed by atoms with Crippen LogP contribution < -0.4 is 0 Å². The lowest BCUT2D eigenvalue weighted by Crippen LogP contribution is -2.43. The zero-order chi connectivity index (χ0) is 20.0. The Labute approximate surface area is 165 Å². The van der Waals surface area contributed by atoms with E-state index in [4.69, 9.17) is 23.2 Å². The molecule has 144 valence electrons. The summed E-state index contributed by atoms with van der Waals surface area (Å²) in [5.41, 5.74) is -1.36. The van der Waals surface area contributed by atoms with E-state index in [1.165, 1.54) is 11.0 Å². The minimum absolute atomic E-state index is 0.0174. The van der Waals surface area contributed by atoms with E-state index in [1.54, 1.807) is 37.4 Å². The normalized spacial score (nSPS) is 21.1. The first-order valence-electron chi connectivity index (χ1n) is 8.29. The smallest absolute Gasteiger partial charge is 0.371 e. The van der Waals surface area contributed by atoms with E-state index >= 15 is 0 Å². The molecule has 27 heavy (non-hydrogen) atoms. The number of hydrogen-bond donors (Lipinski definition) is 1. The molecule has 0 radical (unpaired) electrons. The van der Waals surface area contributed by atoms with Crippen molar-refractivity contribution < 1.29 is 18.3 Å². The molecule has 1 N–H and O–H groups in total. The Hall–Kier alpha value is -1.53. The van der Waals surface area contributed by atoms with Crippen LogP contribution in [0.15, 0.2) is 49.1 Å². The van der Waals surface area contributed by atoms with Gasteiger partial charge in [-0.3, -0.25) is 4.90 Å². The number of rotatable bonds is 4. The highest BCUT2D eigenvalue weighted by Crippen LogP contribution is 2.50. The van der Waals surface area contributed by atoms with E-state index in [9.17, 15) is 18.3 Å². The van der Waals surface area contributed by atoms with Gasteiger partial charge in [0, 0.05) is 18.0 Å². The van der Waals surface area contributed by atoms with E-state index in [2.05, 4.69) is 6.58 Å². The minimum Gasteiger partial charge on any atom is -0.371 e. The molecular weight excluding hydrogens is 398 g/mol. The molecular formula is C20H18Cl2F3NO. The quantitative estimate of drug-likeness (QED) is 0.622. The summed E-state index contributed by atoms with van der Waals surface area (Å²) < 4.78 is 40.3. The highest BCUT2D eigenvalue weighted by Gasteiger charge is 2.50. The first kappa shape index (κ1) is 20.2. The van der Waals surface area contributed by atoms with Gasteiger partial charge in [0.25, 0.3) is 0 Å². The van der Waals surface area contributed by atoms with Gasteiger partial charge in [0.2, 0.25) is 0 Å². The average molecular weight is 416 g/mol. The predicted molar refractivity (Wildman–Crippen MR) is 101 cm³/mol. The topological polar surface area (TPSA) is 23.5 Å². The Balaban J connectivity index is 2.19. The molecule has 1 aliphatic rings. The van der Waals surface area contributed by atoms with Crippen LogP contribution in [-0.2, 0) is 18.4 Å². The molecule has 3 rings (SSSR count). The maximum atomic E-state index is 13.4. The molecule has 0 amide bonds. The third-order valence-electron chi connectivity index (χ3n) is 5.09. The number of nitrogens with zero attached hydrogens (tertiary/aromatic N) is 1. The van der Waals surface area contributed by atoms with Crippen LogP contribution in [-0.4, -0.2) is 17.1 Å². The molecule has 2 unspecified atom stereocenters. The Morgan fingerprint density at radius 1 is 1.26 bits per heavy atom. The Bertz CT molecular complexity index is 884. The second kappa shape index (κ2) is 7.13. The van der Waals surface area contributed by atoms with Gasteiger partial charge in [-0.2, -0.15) is 13.2 Å². The maximum Gasteiger partial charge on any atom is 0.416 e. The minimum atomic E-state index is -4.49. The molecule has 2 aromatic rings. The van der Waals surface area contributed by atoms with Crippen LogP contribution in [0, 0.1) is 0 Å². The molecule has 0 saturated heterocycles. The zero-order valence-corrected chi connectivity index (χ0v) is 16.0. The van der Waals surface area contributed by atoms with E-state index in [1.807, 2.05) is 0 Å². The van der Waals surface area contributed by atoms with Crippen molar-refractivity contribution in [1.82, 2.24) is 4.90 Å². The molecule has 7 heteroatoms. The maximum absolute atomic E-state index is 13.4. The molecule has 0 fully saturated rings. The fourth-order valence-electron chi connectivity index (χ4n) is 3.81. The monoisotopic (exact) mass is 415 g/mol. The molecule has 0 aromatic heterocycles. The Morgan fingerprint density at radius 3 is 2.56 bits per heavy atom. The van der Waals surface area contributed by atoms with Gasteiger partial charge in [0.15, 0.2) is 5.72 Å².